The predicted molar refractivity (Wildman–Crippen MR) is 191 cm³/mol. The summed E-state index contributed by atoms with van der Waals surface area (Å²) in [5, 5.41) is 59.6. The summed E-state index contributed by atoms with van der Waals surface area (Å²) >= 11 is 1.16. The van der Waals surface area contributed by atoms with Crippen molar-refractivity contribution in [1.82, 2.24) is 15.0 Å². The molecule has 1 aromatic heterocycles. The molecule has 298 valence electrons. The Balaban J connectivity index is 1.45. The van der Waals surface area contributed by atoms with Gasteiger partial charge in [-0.2, -0.15) is 32.9 Å². The van der Waals surface area contributed by atoms with Gasteiger partial charge in [0, 0.05) is 21.4 Å². The van der Waals surface area contributed by atoms with Crippen LogP contribution in [0, 0.1) is 6.08 Å². The lowest BCUT2D eigenvalue weighted by molar-refractivity contribution is -0.434. The van der Waals surface area contributed by atoms with E-state index in [0.717, 1.165) is 12.1 Å². The molecule has 0 unspecified atom stereocenters. The molecule has 4 aromatic carbocycles. The highest BCUT2D eigenvalue weighted by molar-refractivity contribution is 7.95. The van der Waals surface area contributed by atoms with Crippen molar-refractivity contribution >= 4 is 102 Å². The van der Waals surface area contributed by atoms with Crippen LogP contribution in [-0.4, -0.2) is 69.6 Å². The lowest BCUT2D eigenvalue weighted by Crippen LogP contribution is -2.10. The zero-order valence-electron chi connectivity index (χ0n) is 27.1. The largest absolute Gasteiger partial charge is 0.505 e. The highest BCUT2D eigenvalue weighted by atomic mass is 32.2. The maximum absolute atomic E-state index is 14.5. The number of benzene rings is 4. The average molecular weight is 880 g/mol. The lowest BCUT2D eigenvalue weighted by Gasteiger charge is -2.15. The van der Waals surface area contributed by atoms with Crippen molar-refractivity contribution in [2.45, 2.75) is 19.6 Å². The summed E-state index contributed by atoms with van der Waals surface area (Å²) in [6, 6.07) is 14.5. The number of rotatable bonds is 20. The van der Waals surface area contributed by atoms with E-state index in [0.29, 0.717) is 22.6 Å². The van der Waals surface area contributed by atoms with E-state index in [2.05, 4.69) is 63.9 Å². The second-order valence-electron chi connectivity index (χ2n) is 10.1. The molecule has 0 saturated heterocycles. The number of aromatic nitrogens is 3. The van der Waals surface area contributed by atoms with Crippen LogP contribution >= 0.6 is 36.4 Å². The quantitative estimate of drug-likeness (QED) is 0.0107. The van der Waals surface area contributed by atoms with Crippen LogP contribution in [0.25, 0.3) is 10.8 Å². The monoisotopic (exact) mass is 879 g/mol. The first-order valence-corrected chi connectivity index (χ1v) is 19.7. The van der Waals surface area contributed by atoms with Crippen LogP contribution < -0.4 is 10.6 Å². The number of fused-ring (bicyclic) bond motifs is 1. The third-order valence-electron chi connectivity index (χ3n) is 6.73. The second kappa shape index (κ2) is 19.6. The Labute approximate surface area is 325 Å². The van der Waals surface area contributed by atoms with Crippen molar-refractivity contribution in [3.63, 3.8) is 0 Å². The Kier molecular flexibility index (Phi) is 15.0. The molecule has 0 fully saturated rings. The predicted octanol–water partition coefficient (Wildman–Crippen LogP) is 6.65. The van der Waals surface area contributed by atoms with E-state index >= 15 is 0 Å². The van der Waals surface area contributed by atoms with E-state index in [1.807, 2.05) is 0 Å². The van der Waals surface area contributed by atoms with Gasteiger partial charge in [-0.15, -0.1) is 18.1 Å². The molecule has 29 heteroatoms. The number of hydrogen-bond acceptors (Lipinski definition) is 25. The van der Waals surface area contributed by atoms with Gasteiger partial charge in [0.25, 0.3) is 10.1 Å². The van der Waals surface area contributed by atoms with Crippen molar-refractivity contribution in [2.75, 3.05) is 23.0 Å². The standard InChI is InChI=1S/C27H22FN7O16S5/c28-25-31-26(29-14-1-5-16(6-2-14)52-49-46-37)33-27(32-25)30-20-10-9-18-19(24(20)56(42,43)44)13-21(53-50-47-38)22(23(18)36)35-34-15-3-7-17(8-4-15)55(40,41)12-11-45-54-51-48-39/h1-10,13,36-39H,11-12H2,(H,42,43,44)(H2,29,30,31,32,33). The van der Waals surface area contributed by atoms with Crippen LogP contribution in [0.4, 0.5) is 39.0 Å². The van der Waals surface area contributed by atoms with Crippen LogP contribution in [0.15, 0.2) is 96.5 Å². The molecule has 23 nitrogen and oxygen atoms in total. The molecule has 0 bridgehead atoms. The van der Waals surface area contributed by atoms with Crippen LogP contribution in [0.1, 0.15) is 0 Å². The van der Waals surface area contributed by atoms with E-state index in [1.54, 1.807) is 12.1 Å². The van der Waals surface area contributed by atoms with Gasteiger partial charge >= 0.3 is 6.08 Å². The minimum absolute atomic E-state index is 0.0920. The minimum Gasteiger partial charge on any atom is -0.505 e. The summed E-state index contributed by atoms with van der Waals surface area (Å²) in [4.78, 5) is 10.5. The fourth-order valence-electron chi connectivity index (χ4n) is 4.50. The molecule has 0 aliphatic heterocycles. The third-order valence-corrected chi connectivity index (χ3v) is 11.0. The van der Waals surface area contributed by atoms with Crippen LogP contribution in [-0.2, 0) is 52.3 Å². The number of halogens is 1. The molecule has 1 heterocycles. The maximum atomic E-state index is 14.5. The summed E-state index contributed by atoms with van der Waals surface area (Å²) in [6.07, 6.45) is -1.28. The molecule has 0 atom stereocenters. The smallest absolute Gasteiger partial charge is 0.315 e. The van der Waals surface area contributed by atoms with Gasteiger partial charge in [-0.1, -0.05) is 15.1 Å². The molecular weight excluding hydrogens is 858 g/mol. The molecule has 7 N–H and O–H groups in total. The van der Waals surface area contributed by atoms with E-state index in [4.69, 9.17) is 20.0 Å². The van der Waals surface area contributed by atoms with E-state index in [-0.39, 0.29) is 74.5 Å². The summed E-state index contributed by atoms with van der Waals surface area (Å²) in [6.45, 7) is -0.318. The molecule has 0 saturated carbocycles. The van der Waals surface area contributed by atoms with E-state index in [1.165, 1.54) is 42.5 Å². The normalized spacial score (nSPS) is 12.1. The summed E-state index contributed by atoms with van der Waals surface area (Å²) < 4.78 is 93.2. The van der Waals surface area contributed by atoms with Crippen molar-refractivity contribution in [3.05, 3.63) is 72.8 Å². The van der Waals surface area contributed by atoms with Crippen LogP contribution in [0.5, 0.6) is 5.75 Å². The van der Waals surface area contributed by atoms with Crippen molar-refractivity contribution < 1.29 is 79.0 Å². The Bertz CT molecular complexity index is 2400. The maximum Gasteiger partial charge on any atom is 0.315 e. The van der Waals surface area contributed by atoms with Crippen LogP contribution in [0.2, 0.25) is 0 Å². The molecule has 0 amide bonds. The van der Waals surface area contributed by atoms with Gasteiger partial charge in [-0.05, 0) is 66.7 Å². The number of nitrogens with zero attached hydrogens (tertiary/aromatic N) is 5. The van der Waals surface area contributed by atoms with Crippen molar-refractivity contribution in [1.29, 1.82) is 0 Å². The van der Waals surface area contributed by atoms with Crippen molar-refractivity contribution in [2.24, 2.45) is 10.2 Å². The SMILES string of the molecule is O=S(=O)(O)c1c(Nc2nc(F)nc(Nc3ccc(SOOO)cc3)n2)ccc2c(O)c(N=Nc3ccc(S(=O)(=O)CCOSOOO)cc3)c(SOOO)cc12. The Hall–Kier alpha value is -4.41. The number of sulfone groups is 1. The summed E-state index contributed by atoms with van der Waals surface area (Å²) in [5.41, 5.74) is -0.277. The Morgan fingerprint density at radius 3 is 2.09 bits per heavy atom. The van der Waals surface area contributed by atoms with Gasteiger partial charge in [0.2, 0.25) is 11.9 Å². The average Bonchev–Trinajstić information content (AvgIpc) is 3.15. The summed E-state index contributed by atoms with van der Waals surface area (Å²) in [5.74, 6) is -1.99. The second-order valence-corrected chi connectivity index (χ2v) is 15.6. The molecular formula is C27H22FN7O16S5. The topological polar surface area (TPSA) is 321 Å². The van der Waals surface area contributed by atoms with E-state index < -0.39 is 48.4 Å². The third kappa shape index (κ3) is 11.3. The molecule has 0 radical (unpaired) electrons. The number of phenols is 1. The zero-order valence-corrected chi connectivity index (χ0v) is 31.2. The molecule has 56 heavy (non-hydrogen) atoms. The molecule has 0 aliphatic carbocycles. The minimum atomic E-state index is -5.16. The Morgan fingerprint density at radius 1 is 0.768 bits per heavy atom. The lowest BCUT2D eigenvalue weighted by atomic mass is 10.1. The zero-order chi connectivity index (χ0) is 40.3. The number of hydrogen-bond donors (Lipinski definition) is 7. The first kappa shape index (κ1) is 42.7. The molecule has 0 aliphatic rings. The number of aromatic hydroxyl groups is 1. The summed E-state index contributed by atoms with van der Waals surface area (Å²) in [7, 11) is -8.99. The molecule has 0 spiro atoms. The fraction of sp³-hybridized carbons (Fsp3) is 0.0741. The molecule has 5 rings (SSSR count). The van der Waals surface area contributed by atoms with Gasteiger partial charge in [0.05, 0.1) is 57.6 Å². The number of azo groups is 1. The number of phenolic OH excluding ortho intramolecular Hbond substituents is 1. The van der Waals surface area contributed by atoms with Crippen molar-refractivity contribution in [3.8, 4) is 5.75 Å². The highest BCUT2D eigenvalue weighted by Crippen LogP contribution is 2.47. The van der Waals surface area contributed by atoms with Crippen LogP contribution in [0.3, 0.4) is 0 Å². The van der Waals surface area contributed by atoms with Gasteiger partial charge < -0.3 is 15.7 Å². The van der Waals surface area contributed by atoms with E-state index in [9.17, 15) is 30.9 Å². The first-order chi connectivity index (χ1) is 26.8. The fourth-order valence-corrected chi connectivity index (χ4v) is 7.59. The first-order valence-electron chi connectivity index (χ1n) is 14.5. The van der Waals surface area contributed by atoms with Gasteiger partial charge in [-0.25, -0.2) is 24.2 Å². The van der Waals surface area contributed by atoms with Gasteiger partial charge in [0.15, 0.2) is 27.9 Å². The highest BCUT2D eigenvalue weighted by Gasteiger charge is 2.26. The van der Waals surface area contributed by atoms with Gasteiger partial charge in [-0.3, -0.25) is 8.74 Å². The van der Waals surface area contributed by atoms with Gasteiger partial charge in [0.1, 0.15) is 10.6 Å². The molecule has 5 aromatic rings. The Morgan fingerprint density at radius 2 is 1.43 bits per heavy atom. The number of nitrogens with one attached hydrogen (secondary N) is 2. The number of anilines is 4.